The van der Waals surface area contributed by atoms with E-state index in [1.54, 1.807) is 6.92 Å². The van der Waals surface area contributed by atoms with Gasteiger partial charge in [0.15, 0.2) is 0 Å². The smallest absolute Gasteiger partial charge is 0.349 e. The van der Waals surface area contributed by atoms with E-state index < -0.39 is 10.7 Å². The molecule has 0 amide bonds. The number of aryl methyl sites for hydroxylation is 1. The first-order valence-electron chi connectivity index (χ1n) is 6.20. The SMILES string of the molecule is CCNc1ncc([N+](=O)[O-])c(Oc2ccc(F)cc2C)n1. The number of anilines is 1. The van der Waals surface area contributed by atoms with Crippen molar-refractivity contribution in [1.29, 1.82) is 0 Å². The first-order valence-corrected chi connectivity index (χ1v) is 6.20. The molecule has 0 saturated carbocycles. The summed E-state index contributed by atoms with van der Waals surface area (Å²) < 4.78 is 18.5. The van der Waals surface area contributed by atoms with E-state index in [0.29, 0.717) is 17.9 Å². The largest absolute Gasteiger partial charge is 0.433 e. The maximum Gasteiger partial charge on any atom is 0.349 e. The minimum absolute atomic E-state index is 0.194. The molecule has 0 spiro atoms. The summed E-state index contributed by atoms with van der Waals surface area (Å²) >= 11 is 0. The third kappa shape index (κ3) is 3.41. The molecule has 1 aromatic carbocycles. The molecule has 0 saturated heterocycles. The fourth-order valence-electron chi connectivity index (χ4n) is 1.63. The number of nitrogens with zero attached hydrogens (tertiary/aromatic N) is 3. The molecule has 0 atom stereocenters. The summed E-state index contributed by atoms with van der Waals surface area (Å²) in [6, 6.07) is 3.87. The maximum absolute atomic E-state index is 13.1. The highest BCUT2D eigenvalue weighted by Crippen LogP contribution is 2.31. The van der Waals surface area contributed by atoms with Crippen molar-refractivity contribution in [3.63, 3.8) is 0 Å². The lowest BCUT2D eigenvalue weighted by molar-refractivity contribution is -0.386. The van der Waals surface area contributed by atoms with Crippen molar-refractivity contribution in [3.05, 3.63) is 45.9 Å². The number of hydrogen-bond donors (Lipinski definition) is 1. The molecule has 0 unspecified atom stereocenters. The van der Waals surface area contributed by atoms with Crippen LogP contribution in [0.5, 0.6) is 11.6 Å². The van der Waals surface area contributed by atoms with Gasteiger partial charge in [0.25, 0.3) is 0 Å². The van der Waals surface area contributed by atoms with Crippen LogP contribution in [0.4, 0.5) is 16.0 Å². The Morgan fingerprint density at radius 2 is 2.24 bits per heavy atom. The second kappa shape index (κ2) is 6.12. The highest BCUT2D eigenvalue weighted by atomic mass is 19.1. The van der Waals surface area contributed by atoms with Crippen LogP contribution in [0.3, 0.4) is 0 Å². The summed E-state index contributed by atoms with van der Waals surface area (Å²) in [4.78, 5) is 18.1. The number of hydrogen-bond acceptors (Lipinski definition) is 6. The molecule has 7 nitrogen and oxygen atoms in total. The number of nitrogens with one attached hydrogen (secondary N) is 1. The summed E-state index contributed by atoms with van der Waals surface area (Å²) in [5.74, 6) is -0.0930. The molecule has 1 aromatic heterocycles. The Hall–Kier alpha value is -2.77. The molecule has 1 heterocycles. The van der Waals surface area contributed by atoms with Gasteiger partial charge in [-0.05, 0) is 37.6 Å². The number of ether oxygens (including phenoxy) is 1. The van der Waals surface area contributed by atoms with Gasteiger partial charge in [-0.3, -0.25) is 10.1 Å². The first kappa shape index (κ1) is 14.6. The average Bonchev–Trinajstić information content (AvgIpc) is 2.42. The van der Waals surface area contributed by atoms with Crippen molar-refractivity contribution < 1.29 is 14.1 Å². The van der Waals surface area contributed by atoms with Gasteiger partial charge in [-0.25, -0.2) is 9.37 Å². The molecule has 1 N–H and O–H groups in total. The van der Waals surface area contributed by atoms with E-state index >= 15 is 0 Å². The van der Waals surface area contributed by atoms with E-state index in [2.05, 4.69) is 15.3 Å². The third-order valence-electron chi connectivity index (χ3n) is 2.61. The van der Waals surface area contributed by atoms with Crippen LogP contribution < -0.4 is 10.1 Å². The van der Waals surface area contributed by atoms with Gasteiger partial charge in [0.1, 0.15) is 17.8 Å². The molecular formula is C13H13FN4O3. The zero-order chi connectivity index (χ0) is 15.4. The van der Waals surface area contributed by atoms with E-state index in [1.165, 1.54) is 18.2 Å². The van der Waals surface area contributed by atoms with Crippen molar-refractivity contribution in [1.82, 2.24) is 9.97 Å². The second-order valence-corrected chi connectivity index (χ2v) is 4.18. The van der Waals surface area contributed by atoms with Gasteiger partial charge in [-0.2, -0.15) is 4.98 Å². The molecule has 0 bridgehead atoms. The summed E-state index contributed by atoms with van der Waals surface area (Å²) in [7, 11) is 0. The van der Waals surface area contributed by atoms with Gasteiger partial charge in [-0.15, -0.1) is 0 Å². The van der Waals surface area contributed by atoms with Crippen molar-refractivity contribution in [2.75, 3.05) is 11.9 Å². The Bertz CT molecular complexity index is 678. The van der Waals surface area contributed by atoms with E-state index in [9.17, 15) is 14.5 Å². The van der Waals surface area contributed by atoms with Crippen molar-refractivity contribution in [3.8, 4) is 11.6 Å². The molecule has 8 heteroatoms. The van der Waals surface area contributed by atoms with Crippen LogP contribution in [0, 0.1) is 22.9 Å². The average molecular weight is 292 g/mol. The fraction of sp³-hybridized carbons (Fsp3) is 0.231. The Kier molecular flexibility index (Phi) is 4.27. The van der Waals surface area contributed by atoms with Crippen LogP contribution in [-0.4, -0.2) is 21.4 Å². The normalized spacial score (nSPS) is 10.2. The molecule has 21 heavy (non-hydrogen) atoms. The molecule has 0 aliphatic rings. The molecular weight excluding hydrogens is 279 g/mol. The van der Waals surface area contributed by atoms with Gasteiger partial charge >= 0.3 is 11.6 Å². The maximum atomic E-state index is 13.1. The van der Waals surface area contributed by atoms with Crippen LogP contribution >= 0.6 is 0 Å². The zero-order valence-electron chi connectivity index (χ0n) is 11.5. The van der Waals surface area contributed by atoms with Gasteiger partial charge in [-0.1, -0.05) is 0 Å². The summed E-state index contributed by atoms with van der Waals surface area (Å²) in [5, 5.41) is 13.8. The van der Waals surface area contributed by atoms with Crippen molar-refractivity contribution >= 4 is 11.6 Å². The highest BCUT2D eigenvalue weighted by molar-refractivity contribution is 5.46. The lowest BCUT2D eigenvalue weighted by Gasteiger charge is -2.09. The summed E-state index contributed by atoms with van der Waals surface area (Å²) in [6.45, 7) is 4.04. The second-order valence-electron chi connectivity index (χ2n) is 4.18. The van der Waals surface area contributed by atoms with E-state index in [0.717, 1.165) is 6.20 Å². The van der Waals surface area contributed by atoms with E-state index in [-0.39, 0.29) is 17.5 Å². The zero-order valence-corrected chi connectivity index (χ0v) is 11.5. The standard InChI is InChI=1S/C13H13FN4O3/c1-3-15-13-16-7-10(18(19)20)12(17-13)21-11-5-4-9(14)6-8(11)2/h4-7H,3H2,1-2H3,(H,15,16,17). The molecule has 0 aliphatic carbocycles. The predicted molar refractivity (Wildman–Crippen MR) is 74.1 cm³/mol. The van der Waals surface area contributed by atoms with Gasteiger partial charge in [0.2, 0.25) is 5.95 Å². The van der Waals surface area contributed by atoms with Crippen LogP contribution in [0.15, 0.2) is 24.4 Å². The number of halogens is 1. The number of nitro groups is 1. The Morgan fingerprint density at radius 1 is 1.48 bits per heavy atom. The van der Waals surface area contributed by atoms with E-state index in [1.807, 2.05) is 6.92 Å². The number of aromatic nitrogens is 2. The van der Waals surface area contributed by atoms with Gasteiger partial charge in [0.05, 0.1) is 4.92 Å². The van der Waals surface area contributed by atoms with Crippen LogP contribution in [0.1, 0.15) is 12.5 Å². The van der Waals surface area contributed by atoms with Crippen molar-refractivity contribution in [2.45, 2.75) is 13.8 Å². The Balaban J connectivity index is 2.40. The predicted octanol–water partition coefficient (Wildman–Crippen LogP) is 3.06. The Morgan fingerprint density at radius 3 is 2.86 bits per heavy atom. The molecule has 0 aliphatic heterocycles. The lowest BCUT2D eigenvalue weighted by Crippen LogP contribution is -2.05. The monoisotopic (exact) mass is 292 g/mol. The molecule has 2 rings (SSSR count). The molecule has 0 fully saturated rings. The minimum atomic E-state index is -0.635. The highest BCUT2D eigenvalue weighted by Gasteiger charge is 2.20. The lowest BCUT2D eigenvalue weighted by atomic mass is 10.2. The summed E-state index contributed by atoms with van der Waals surface area (Å²) in [6.07, 6.45) is 1.07. The van der Waals surface area contributed by atoms with Gasteiger partial charge < -0.3 is 10.1 Å². The van der Waals surface area contributed by atoms with Crippen LogP contribution in [-0.2, 0) is 0 Å². The molecule has 0 radical (unpaired) electrons. The molecule has 110 valence electrons. The third-order valence-corrected chi connectivity index (χ3v) is 2.61. The summed E-state index contributed by atoms with van der Waals surface area (Å²) in [5.41, 5.74) is 0.147. The Labute approximate surface area is 120 Å². The molecule has 2 aromatic rings. The van der Waals surface area contributed by atoms with E-state index in [4.69, 9.17) is 4.74 Å². The quantitative estimate of drug-likeness (QED) is 0.672. The fourth-order valence-corrected chi connectivity index (χ4v) is 1.63. The minimum Gasteiger partial charge on any atom is -0.433 e. The van der Waals surface area contributed by atoms with Crippen LogP contribution in [0.25, 0.3) is 0 Å². The topological polar surface area (TPSA) is 90.2 Å². The van der Waals surface area contributed by atoms with Crippen molar-refractivity contribution in [2.24, 2.45) is 0 Å². The van der Waals surface area contributed by atoms with Gasteiger partial charge in [0, 0.05) is 6.54 Å². The number of rotatable bonds is 5. The van der Waals surface area contributed by atoms with Crippen LogP contribution in [0.2, 0.25) is 0 Å². The first-order chi connectivity index (χ1) is 10.0. The number of benzene rings is 1.